The third-order valence-electron chi connectivity index (χ3n) is 3.70. The van der Waals surface area contributed by atoms with Gasteiger partial charge in [0.25, 0.3) is 5.88 Å². The lowest BCUT2D eigenvalue weighted by molar-refractivity contribution is -0.142. The topological polar surface area (TPSA) is 67.8 Å². The zero-order valence-electron chi connectivity index (χ0n) is 12.8. The number of nitrogens with zero attached hydrogens (tertiary/aromatic N) is 4. The van der Waals surface area contributed by atoms with E-state index in [4.69, 9.17) is 4.74 Å². The third-order valence-corrected chi connectivity index (χ3v) is 4.20. The van der Waals surface area contributed by atoms with E-state index in [-0.39, 0.29) is 6.61 Å². The summed E-state index contributed by atoms with van der Waals surface area (Å²) in [6, 6.07) is 10.3. The maximum absolute atomic E-state index is 11.2. The summed E-state index contributed by atoms with van der Waals surface area (Å²) in [6.45, 7) is 3.30. The first-order valence-corrected chi connectivity index (χ1v) is 8.08. The van der Waals surface area contributed by atoms with E-state index < -0.39 is 5.97 Å². The fraction of sp³-hybridized carbons (Fsp3) is 0.400. The van der Waals surface area contributed by atoms with Crippen molar-refractivity contribution in [1.82, 2.24) is 8.75 Å². The molecule has 1 fully saturated rings. The fourth-order valence-electron chi connectivity index (χ4n) is 2.46. The first-order chi connectivity index (χ1) is 11.3. The van der Waals surface area contributed by atoms with Crippen molar-refractivity contribution < 1.29 is 14.3 Å². The molecule has 0 bridgehead atoms. The van der Waals surface area contributed by atoms with Crippen LogP contribution in [0.3, 0.4) is 0 Å². The zero-order valence-corrected chi connectivity index (χ0v) is 13.7. The highest BCUT2D eigenvalue weighted by Crippen LogP contribution is 2.27. The fourth-order valence-corrected chi connectivity index (χ4v) is 2.98. The van der Waals surface area contributed by atoms with Crippen molar-refractivity contribution in [1.29, 1.82) is 0 Å². The molecule has 0 saturated carbocycles. The second kappa shape index (κ2) is 7.28. The van der Waals surface area contributed by atoms with Gasteiger partial charge in [-0.25, -0.2) is 4.79 Å². The van der Waals surface area contributed by atoms with Crippen molar-refractivity contribution in [3.05, 3.63) is 30.3 Å². The normalized spacial score (nSPS) is 14.7. The van der Waals surface area contributed by atoms with Gasteiger partial charge in [0, 0.05) is 31.9 Å². The molecule has 2 heterocycles. The molecule has 8 heteroatoms. The summed E-state index contributed by atoms with van der Waals surface area (Å²) >= 11 is 1.08. The number of carbonyl (C=O) groups is 1. The van der Waals surface area contributed by atoms with E-state index in [2.05, 4.69) is 35.4 Å². The van der Waals surface area contributed by atoms with Crippen LogP contribution in [-0.4, -0.2) is 54.6 Å². The maximum atomic E-state index is 11.2. The molecule has 0 amide bonds. The molecule has 1 aromatic heterocycles. The summed E-state index contributed by atoms with van der Waals surface area (Å²) in [4.78, 5) is 15.7. The number of esters is 1. The van der Waals surface area contributed by atoms with Gasteiger partial charge in [0.2, 0.25) is 5.82 Å². The lowest BCUT2D eigenvalue weighted by Gasteiger charge is -2.36. The Morgan fingerprint density at radius 3 is 2.52 bits per heavy atom. The molecule has 7 nitrogen and oxygen atoms in total. The Labute approximate surface area is 138 Å². The molecule has 0 radical (unpaired) electrons. The van der Waals surface area contributed by atoms with Gasteiger partial charge in [-0.05, 0) is 12.1 Å². The van der Waals surface area contributed by atoms with Gasteiger partial charge in [0.1, 0.15) is 0 Å². The summed E-state index contributed by atoms with van der Waals surface area (Å²) in [6.07, 6.45) is 0. The molecule has 0 atom stereocenters. The Balaban J connectivity index is 1.60. The highest BCUT2D eigenvalue weighted by Gasteiger charge is 2.23. The molecule has 23 heavy (non-hydrogen) atoms. The standard InChI is InChI=1S/C15H18N4O3S/c1-21-13(20)11-22-15-14(16-23-17-15)19-9-7-18(8-10-19)12-5-3-2-4-6-12/h2-6H,7-11H2,1H3. The molecular weight excluding hydrogens is 316 g/mol. The number of benzene rings is 1. The van der Waals surface area contributed by atoms with Crippen LogP contribution >= 0.6 is 11.7 Å². The minimum absolute atomic E-state index is 0.154. The van der Waals surface area contributed by atoms with Crippen LogP contribution in [0.25, 0.3) is 0 Å². The van der Waals surface area contributed by atoms with Gasteiger partial charge < -0.3 is 19.3 Å². The van der Waals surface area contributed by atoms with E-state index in [1.165, 1.54) is 12.8 Å². The number of aromatic nitrogens is 2. The number of para-hydroxylation sites is 1. The monoisotopic (exact) mass is 334 g/mol. The minimum atomic E-state index is -0.433. The van der Waals surface area contributed by atoms with Crippen LogP contribution in [0.1, 0.15) is 0 Å². The van der Waals surface area contributed by atoms with E-state index in [1.807, 2.05) is 18.2 Å². The average Bonchev–Trinajstić information content (AvgIpc) is 3.09. The maximum Gasteiger partial charge on any atom is 0.343 e. The Bertz CT molecular complexity index is 641. The zero-order chi connectivity index (χ0) is 16.1. The lowest BCUT2D eigenvalue weighted by atomic mass is 10.2. The van der Waals surface area contributed by atoms with Crippen LogP contribution in [-0.2, 0) is 9.53 Å². The minimum Gasteiger partial charge on any atom is -0.466 e. The SMILES string of the molecule is COC(=O)COc1nsnc1N1CCN(c2ccccc2)CC1. The van der Waals surface area contributed by atoms with Gasteiger partial charge in [-0.3, -0.25) is 0 Å². The predicted molar refractivity (Wildman–Crippen MR) is 88.3 cm³/mol. The van der Waals surface area contributed by atoms with Crippen molar-refractivity contribution in [3.8, 4) is 5.88 Å². The first-order valence-electron chi connectivity index (χ1n) is 7.35. The van der Waals surface area contributed by atoms with E-state index in [0.29, 0.717) is 11.7 Å². The largest absolute Gasteiger partial charge is 0.466 e. The van der Waals surface area contributed by atoms with E-state index in [9.17, 15) is 4.79 Å². The summed E-state index contributed by atoms with van der Waals surface area (Å²) < 4.78 is 18.4. The molecule has 3 rings (SSSR count). The second-order valence-corrected chi connectivity index (χ2v) is 5.60. The molecule has 122 valence electrons. The summed E-state index contributed by atoms with van der Waals surface area (Å²) in [7, 11) is 1.33. The van der Waals surface area contributed by atoms with E-state index >= 15 is 0 Å². The molecule has 0 aliphatic carbocycles. The number of piperazine rings is 1. The lowest BCUT2D eigenvalue weighted by Crippen LogP contribution is -2.46. The van der Waals surface area contributed by atoms with Gasteiger partial charge in [-0.15, -0.1) is 4.37 Å². The number of methoxy groups -OCH3 is 1. The Morgan fingerprint density at radius 1 is 1.13 bits per heavy atom. The number of carbonyl (C=O) groups excluding carboxylic acids is 1. The van der Waals surface area contributed by atoms with Gasteiger partial charge in [0.05, 0.1) is 18.8 Å². The Kier molecular flexibility index (Phi) is 4.92. The van der Waals surface area contributed by atoms with Crippen LogP contribution in [0.15, 0.2) is 30.3 Å². The smallest absolute Gasteiger partial charge is 0.343 e. The molecule has 1 saturated heterocycles. The van der Waals surface area contributed by atoms with Crippen LogP contribution in [0.4, 0.5) is 11.5 Å². The molecule has 1 aliphatic rings. The van der Waals surface area contributed by atoms with Crippen molar-refractivity contribution in [2.75, 3.05) is 49.7 Å². The predicted octanol–water partition coefficient (Wildman–Crippen LogP) is 1.42. The quantitative estimate of drug-likeness (QED) is 0.766. The summed E-state index contributed by atoms with van der Waals surface area (Å²) in [5.41, 5.74) is 1.23. The van der Waals surface area contributed by atoms with Gasteiger partial charge in [0.15, 0.2) is 6.61 Å². The van der Waals surface area contributed by atoms with E-state index in [1.54, 1.807) is 0 Å². The molecule has 1 aliphatic heterocycles. The van der Waals surface area contributed by atoms with Crippen molar-refractivity contribution >= 4 is 29.2 Å². The average molecular weight is 334 g/mol. The number of anilines is 2. The number of hydrogen-bond donors (Lipinski definition) is 0. The van der Waals surface area contributed by atoms with Crippen molar-refractivity contribution in [2.45, 2.75) is 0 Å². The van der Waals surface area contributed by atoms with Gasteiger partial charge >= 0.3 is 5.97 Å². The third kappa shape index (κ3) is 3.70. The molecule has 2 aromatic rings. The highest BCUT2D eigenvalue weighted by molar-refractivity contribution is 6.99. The van der Waals surface area contributed by atoms with Gasteiger partial charge in [-0.2, -0.15) is 4.37 Å². The van der Waals surface area contributed by atoms with Crippen molar-refractivity contribution in [2.24, 2.45) is 0 Å². The molecular formula is C15H18N4O3S. The number of rotatable bonds is 5. The van der Waals surface area contributed by atoms with Crippen LogP contribution in [0.2, 0.25) is 0 Å². The van der Waals surface area contributed by atoms with Gasteiger partial charge in [-0.1, -0.05) is 18.2 Å². The molecule has 0 unspecified atom stereocenters. The number of hydrogen-bond acceptors (Lipinski definition) is 8. The highest BCUT2D eigenvalue weighted by atomic mass is 32.1. The second-order valence-electron chi connectivity index (χ2n) is 5.07. The summed E-state index contributed by atoms with van der Waals surface area (Å²) in [5.74, 6) is 0.665. The Hall–Kier alpha value is -2.35. The first kappa shape index (κ1) is 15.5. The van der Waals surface area contributed by atoms with Crippen LogP contribution in [0, 0.1) is 0 Å². The molecule has 1 aromatic carbocycles. The molecule has 0 spiro atoms. The van der Waals surface area contributed by atoms with Crippen LogP contribution < -0.4 is 14.5 Å². The van der Waals surface area contributed by atoms with Crippen LogP contribution in [0.5, 0.6) is 5.88 Å². The van der Waals surface area contributed by atoms with Crippen molar-refractivity contribution in [3.63, 3.8) is 0 Å². The summed E-state index contributed by atoms with van der Waals surface area (Å²) in [5, 5.41) is 0. The Morgan fingerprint density at radius 2 is 1.83 bits per heavy atom. The van der Waals surface area contributed by atoms with E-state index in [0.717, 1.165) is 37.9 Å². The number of ether oxygens (including phenoxy) is 2. The molecule has 0 N–H and O–H groups in total.